The maximum Gasteiger partial charge on any atom is 0.341 e. The molecule has 1 aromatic heterocycles. The molecule has 0 aliphatic carbocycles. The molecule has 2 rings (SSSR count). The predicted molar refractivity (Wildman–Crippen MR) is 67.8 cm³/mol. The lowest BCUT2D eigenvalue weighted by molar-refractivity contribution is 0.101. The number of aromatic amines is 2. The minimum Gasteiger partial charge on any atom is -0.319 e. The summed E-state index contributed by atoms with van der Waals surface area (Å²) in [5, 5.41) is 8.48. The molecule has 2 aromatic rings. The summed E-state index contributed by atoms with van der Waals surface area (Å²) >= 11 is 0. The SMILES string of the molecule is Cc1cc(C)c(NC(=O)c2n[nH]c(=O)[nH]2)c(C)c1. The Morgan fingerprint density at radius 1 is 1.22 bits per heavy atom. The van der Waals surface area contributed by atoms with E-state index in [0.717, 1.165) is 22.4 Å². The summed E-state index contributed by atoms with van der Waals surface area (Å²) in [5.74, 6) is -0.470. The van der Waals surface area contributed by atoms with E-state index < -0.39 is 11.6 Å². The Balaban J connectivity index is 2.30. The highest BCUT2D eigenvalue weighted by Gasteiger charge is 2.13. The van der Waals surface area contributed by atoms with Gasteiger partial charge in [0.1, 0.15) is 0 Å². The van der Waals surface area contributed by atoms with Crippen molar-refractivity contribution < 1.29 is 4.79 Å². The Morgan fingerprint density at radius 2 is 1.83 bits per heavy atom. The molecule has 94 valence electrons. The zero-order valence-corrected chi connectivity index (χ0v) is 10.4. The fraction of sp³-hybridized carbons (Fsp3) is 0.250. The second-order valence-corrected chi connectivity index (χ2v) is 4.25. The van der Waals surface area contributed by atoms with Crippen LogP contribution in [-0.4, -0.2) is 21.1 Å². The van der Waals surface area contributed by atoms with Crippen molar-refractivity contribution in [3.8, 4) is 0 Å². The fourth-order valence-electron chi connectivity index (χ4n) is 1.93. The van der Waals surface area contributed by atoms with Crippen molar-refractivity contribution in [1.82, 2.24) is 15.2 Å². The lowest BCUT2D eigenvalue weighted by Crippen LogP contribution is -2.16. The molecule has 6 nitrogen and oxygen atoms in total. The number of hydrogen-bond donors (Lipinski definition) is 3. The number of carbonyl (C=O) groups excluding carboxylic acids is 1. The standard InChI is InChI=1S/C12H14N4O2/c1-6-4-7(2)9(8(3)5-6)13-11(17)10-14-12(18)16-15-10/h4-5H,1-3H3,(H,13,17)(H2,14,15,16,18). The van der Waals surface area contributed by atoms with Gasteiger partial charge in [-0.05, 0) is 31.9 Å². The molecule has 0 saturated carbocycles. The first-order chi connectivity index (χ1) is 8.47. The first-order valence-electron chi connectivity index (χ1n) is 5.51. The second-order valence-electron chi connectivity index (χ2n) is 4.25. The summed E-state index contributed by atoms with van der Waals surface area (Å²) in [6, 6.07) is 3.96. The number of anilines is 1. The Morgan fingerprint density at radius 3 is 2.33 bits per heavy atom. The third-order valence-electron chi connectivity index (χ3n) is 2.63. The smallest absolute Gasteiger partial charge is 0.319 e. The first kappa shape index (κ1) is 12.1. The highest BCUT2D eigenvalue weighted by molar-refractivity contribution is 6.02. The van der Waals surface area contributed by atoms with E-state index in [9.17, 15) is 9.59 Å². The van der Waals surface area contributed by atoms with Gasteiger partial charge in [0.05, 0.1) is 0 Å². The van der Waals surface area contributed by atoms with E-state index in [1.807, 2.05) is 32.9 Å². The predicted octanol–water partition coefficient (Wildman–Crippen LogP) is 1.28. The summed E-state index contributed by atoms with van der Waals surface area (Å²) in [7, 11) is 0. The van der Waals surface area contributed by atoms with Crippen LogP contribution in [0.1, 0.15) is 27.3 Å². The van der Waals surface area contributed by atoms with Gasteiger partial charge in [-0.1, -0.05) is 17.7 Å². The number of aromatic nitrogens is 3. The third kappa shape index (κ3) is 2.32. The van der Waals surface area contributed by atoms with Crippen LogP contribution in [0, 0.1) is 20.8 Å². The molecule has 0 radical (unpaired) electrons. The quantitative estimate of drug-likeness (QED) is 0.745. The number of amides is 1. The van der Waals surface area contributed by atoms with E-state index in [4.69, 9.17) is 0 Å². The molecule has 6 heteroatoms. The van der Waals surface area contributed by atoms with Crippen molar-refractivity contribution in [2.24, 2.45) is 0 Å². The van der Waals surface area contributed by atoms with Crippen LogP contribution in [0.2, 0.25) is 0 Å². The van der Waals surface area contributed by atoms with Crippen LogP contribution < -0.4 is 11.0 Å². The highest BCUT2D eigenvalue weighted by Crippen LogP contribution is 2.22. The van der Waals surface area contributed by atoms with Crippen molar-refractivity contribution in [3.63, 3.8) is 0 Å². The molecule has 0 fully saturated rings. The molecule has 0 unspecified atom stereocenters. The molecule has 0 spiro atoms. The van der Waals surface area contributed by atoms with Crippen molar-refractivity contribution in [2.75, 3.05) is 5.32 Å². The van der Waals surface area contributed by atoms with E-state index in [1.54, 1.807) is 0 Å². The van der Waals surface area contributed by atoms with E-state index in [0.29, 0.717) is 0 Å². The molecule has 3 N–H and O–H groups in total. The number of aryl methyl sites for hydroxylation is 3. The molecule has 1 heterocycles. The lowest BCUT2D eigenvalue weighted by Gasteiger charge is -2.11. The van der Waals surface area contributed by atoms with Gasteiger partial charge in [0.15, 0.2) is 0 Å². The molecular formula is C12H14N4O2. The normalized spacial score (nSPS) is 10.4. The summed E-state index contributed by atoms with van der Waals surface area (Å²) in [4.78, 5) is 25.0. The van der Waals surface area contributed by atoms with Gasteiger partial charge in [0, 0.05) is 5.69 Å². The van der Waals surface area contributed by atoms with Crippen LogP contribution in [0.15, 0.2) is 16.9 Å². The fourth-order valence-corrected chi connectivity index (χ4v) is 1.93. The minimum atomic E-state index is -0.502. The van der Waals surface area contributed by atoms with E-state index in [1.165, 1.54) is 0 Å². The molecule has 0 aliphatic rings. The molecule has 18 heavy (non-hydrogen) atoms. The number of carbonyl (C=O) groups is 1. The molecule has 0 atom stereocenters. The van der Waals surface area contributed by atoms with Crippen LogP contribution in [0.5, 0.6) is 0 Å². The van der Waals surface area contributed by atoms with Crippen LogP contribution in [0.4, 0.5) is 5.69 Å². The Kier molecular flexibility index (Phi) is 3.01. The number of benzene rings is 1. The monoisotopic (exact) mass is 246 g/mol. The molecule has 0 saturated heterocycles. The van der Waals surface area contributed by atoms with Gasteiger partial charge in [0.25, 0.3) is 5.91 Å². The van der Waals surface area contributed by atoms with Crippen molar-refractivity contribution in [1.29, 1.82) is 0 Å². The second kappa shape index (κ2) is 4.48. The average Bonchev–Trinajstić information content (AvgIpc) is 2.70. The molecule has 0 aliphatic heterocycles. The van der Waals surface area contributed by atoms with Gasteiger partial charge in [-0.2, -0.15) is 0 Å². The number of nitrogens with zero attached hydrogens (tertiary/aromatic N) is 1. The molecular weight excluding hydrogens is 232 g/mol. The van der Waals surface area contributed by atoms with Crippen molar-refractivity contribution in [3.05, 3.63) is 45.1 Å². The van der Waals surface area contributed by atoms with E-state index >= 15 is 0 Å². The molecule has 1 aromatic carbocycles. The third-order valence-corrected chi connectivity index (χ3v) is 2.63. The van der Waals surface area contributed by atoms with Gasteiger partial charge in [-0.15, -0.1) is 5.10 Å². The number of rotatable bonds is 2. The molecule has 1 amide bonds. The van der Waals surface area contributed by atoms with Gasteiger partial charge in [-0.3, -0.25) is 9.78 Å². The number of H-pyrrole nitrogens is 2. The van der Waals surface area contributed by atoms with E-state index in [-0.39, 0.29) is 5.82 Å². The van der Waals surface area contributed by atoms with Gasteiger partial charge in [0.2, 0.25) is 5.82 Å². The maximum absolute atomic E-state index is 11.9. The number of nitrogens with one attached hydrogen (secondary N) is 3. The zero-order chi connectivity index (χ0) is 13.3. The Labute approximate surface area is 103 Å². The summed E-state index contributed by atoms with van der Waals surface area (Å²) in [6.07, 6.45) is 0. The topological polar surface area (TPSA) is 90.6 Å². The average molecular weight is 246 g/mol. The minimum absolute atomic E-state index is 0.0284. The van der Waals surface area contributed by atoms with Crippen LogP contribution in [0.3, 0.4) is 0 Å². The van der Waals surface area contributed by atoms with Crippen LogP contribution >= 0.6 is 0 Å². The maximum atomic E-state index is 11.9. The Bertz CT molecular complexity index is 631. The van der Waals surface area contributed by atoms with Crippen molar-refractivity contribution in [2.45, 2.75) is 20.8 Å². The summed E-state index contributed by atoms with van der Waals surface area (Å²) < 4.78 is 0. The van der Waals surface area contributed by atoms with E-state index in [2.05, 4.69) is 20.5 Å². The highest BCUT2D eigenvalue weighted by atomic mass is 16.2. The van der Waals surface area contributed by atoms with Gasteiger partial charge < -0.3 is 5.32 Å². The summed E-state index contributed by atoms with van der Waals surface area (Å²) in [6.45, 7) is 5.84. The van der Waals surface area contributed by atoms with Crippen molar-refractivity contribution >= 4 is 11.6 Å². The Hall–Kier alpha value is -2.37. The van der Waals surface area contributed by atoms with Gasteiger partial charge >= 0.3 is 5.69 Å². The largest absolute Gasteiger partial charge is 0.341 e. The van der Waals surface area contributed by atoms with Crippen LogP contribution in [-0.2, 0) is 0 Å². The first-order valence-corrected chi connectivity index (χ1v) is 5.51. The summed E-state index contributed by atoms with van der Waals surface area (Å²) in [5.41, 5.74) is 3.32. The number of hydrogen-bond acceptors (Lipinski definition) is 3. The van der Waals surface area contributed by atoms with Gasteiger partial charge in [-0.25, -0.2) is 9.89 Å². The lowest BCUT2D eigenvalue weighted by atomic mass is 10.1. The zero-order valence-electron chi connectivity index (χ0n) is 10.4. The van der Waals surface area contributed by atoms with Crippen LogP contribution in [0.25, 0.3) is 0 Å². The molecule has 0 bridgehead atoms.